The Balaban J connectivity index is 1.71. The molecule has 2 heterocycles. The lowest BCUT2D eigenvalue weighted by Gasteiger charge is -2.33. The molecular formula is C13H22N2O4. The summed E-state index contributed by atoms with van der Waals surface area (Å²) in [5, 5.41) is 12.0. The Bertz CT molecular complexity index is 321. The van der Waals surface area contributed by atoms with E-state index in [0.717, 1.165) is 19.4 Å². The van der Waals surface area contributed by atoms with Crippen LogP contribution in [0.4, 0.5) is 0 Å². The van der Waals surface area contributed by atoms with E-state index in [0.29, 0.717) is 32.7 Å². The smallest absolute Gasteiger partial charge is 0.303 e. The molecule has 6 nitrogen and oxygen atoms in total. The number of nitrogens with zero attached hydrogens (tertiary/aromatic N) is 1. The molecule has 0 aromatic heterocycles. The van der Waals surface area contributed by atoms with Gasteiger partial charge in [0.2, 0.25) is 5.91 Å². The average Bonchev–Trinajstić information content (AvgIpc) is 2.40. The van der Waals surface area contributed by atoms with Gasteiger partial charge in [-0.2, -0.15) is 0 Å². The van der Waals surface area contributed by atoms with Gasteiger partial charge in [-0.05, 0) is 18.8 Å². The highest BCUT2D eigenvalue weighted by Gasteiger charge is 2.26. The lowest BCUT2D eigenvalue weighted by atomic mass is 9.93. The molecule has 0 aromatic rings. The fraction of sp³-hybridized carbons (Fsp3) is 0.846. The Labute approximate surface area is 113 Å². The van der Waals surface area contributed by atoms with Crippen LogP contribution in [0, 0.1) is 5.92 Å². The molecule has 2 aliphatic heterocycles. The van der Waals surface area contributed by atoms with Crippen LogP contribution in [0.25, 0.3) is 0 Å². The highest BCUT2D eigenvalue weighted by molar-refractivity contribution is 5.77. The maximum atomic E-state index is 12.1. The number of amides is 1. The normalized spacial score (nSPS) is 25.3. The van der Waals surface area contributed by atoms with Gasteiger partial charge in [-0.25, -0.2) is 0 Å². The first kappa shape index (κ1) is 14.3. The van der Waals surface area contributed by atoms with Crippen molar-refractivity contribution in [2.45, 2.75) is 31.7 Å². The summed E-state index contributed by atoms with van der Waals surface area (Å²) in [6.07, 6.45) is 2.29. The summed E-state index contributed by atoms with van der Waals surface area (Å²) in [5.74, 6) is -0.372. The van der Waals surface area contributed by atoms with Crippen molar-refractivity contribution in [2.75, 3.05) is 32.8 Å². The topological polar surface area (TPSA) is 78.9 Å². The first-order chi connectivity index (χ1) is 9.15. The molecule has 0 aromatic carbocycles. The second-order valence-corrected chi connectivity index (χ2v) is 5.35. The molecule has 6 heteroatoms. The van der Waals surface area contributed by atoms with Crippen LogP contribution < -0.4 is 5.32 Å². The maximum absolute atomic E-state index is 12.1. The number of rotatable bonds is 4. The predicted octanol–water partition coefficient (Wildman–Crippen LogP) is 0.0782. The van der Waals surface area contributed by atoms with Gasteiger partial charge in [0.15, 0.2) is 0 Å². The first-order valence-corrected chi connectivity index (χ1v) is 6.96. The van der Waals surface area contributed by atoms with E-state index in [-0.39, 0.29) is 24.3 Å². The van der Waals surface area contributed by atoms with Gasteiger partial charge >= 0.3 is 5.97 Å². The van der Waals surface area contributed by atoms with Crippen LogP contribution >= 0.6 is 0 Å². The molecule has 1 atom stereocenters. The quantitative estimate of drug-likeness (QED) is 0.756. The van der Waals surface area contributed by atoms with Gasteiger partial charge in [0.05, 0.1) is 13.2 Å². The third-order valence-electron chi connectivity index (χ3n) is 3.85. The Hall–Kier alpha value is -1.14. The van der Waals surface area contributed by atoms with Crippen molar-refractivity contribution in [3.63, 3.8) is 0 Å². The predicted molar refractivity (Wildman–Crippen MR) is 68.8 cm³/mol. The van der Waals surface area contributed by atoms with Crippen LogP contribution in [0.15, 0.2) is 0 Å². The van der Waals surface area contributed by atoms with Crippen molar-refractivity contribution in [3.8, 4) is 0 Å². The Morgan fingerprint density at radius 2 is 2.00 bits per heavy atom. The van der Waals surface area contributed by atoms with E-state index in [1.165, 1.54) is 0 Å². The number of ether oxygens (including phenoxy) is 1. The number of hydrogen-bond acceptors (Lipinski definition) is 4. The second kappa shape index (κ2) is 6.86. The number of morpholine rings is 1. The molecule has 2 aliphatic rings. The Morgan fingerprint density at radius 1 is 1.26 bits per heavy atom. The first-order valence-electron chi connectivity index (χ1n) is 6.96. The summed E-state index contributed by atoms with van der Waals surface area (Å²) < 4.78 is 5.33. The molecule has 2 saturated heterocycles. The van der Waals surface area contributed by atoms with Gasteiger partial charge in [0.25, 0.3) is 0 Å². The molecular weight excluding hydrogens is 248 g/mol. The van der Waals surface area contributed by atoms with Crippen LogP contribution in [0.2, 0.25) is 0 Å². The SMILES string of the molecule is O=C(O)CC1CCN(C(=O)CC2COCCN2)CC1. The molecule has 0 bridgehead atoms. The number of nitrogens with one attached hydrogen (secondary N) is 1. The number of likely N-dealkylation sites (tertiary alicyclic amines) is 1. The fourth-order valence-electron chi connectivity index (χ4n) is 2.72. The fourth-order valence-corrected chi connectivity index (χ4v) is 2.72. The van der Waals surface area contributed by atoms with Crippen LogP contribution in [0.5, 0.6) is 0 Å². The summed E-state index contributed by atoms with van der Waals surface area (Å²) in [4.78, 5) is 24.6. The zero-order chi connectivity index (χ0) is 13.7. The van der Waals surface area contributed by atoms with Crippen molar-refractivity contribution in [3.05, 3.63) is 0 Å². The van der Waals surface area contributed by atoms with Gasteiger partial charge in [0, 0.05) is 38.5 Å². The summed E-state index contributed by atoms with van der Waals surface area (Å²) in [7, 11) is 0. The van der Waals surface area contributed by atoms with E-state index >= 15 is 0 Å². The number of carboxylic acids is 1. The van der Waals surface area contributed by atoms with E-state index in [2.05, 4.69) is 5.32 Å². The van der Waals surface area contributed by atoms with Crippen LogP contribution in [-0.2, 0) is 14.3 Å². The van der Waals surface area contributed by atoms with Crippen molar-refractivity contribution in [1.29, 1.82) is 0 Å². The summed E-state index contributed by atoms with van der Waals surface area (Å²) >= 11 is 0. The van der Waals surface area contributed by atoms with E-state index in [1.54, 1.807) is 0 Å². The largest absolute Gasteiger partial charge is 0.481 e. The minimum atomic E-state index is -0.742. The highest BCUT2D eigenvalue weighted by atomic mass is 16.5. The van der Waals surface area contributed by atoms with Crippen molar-refractivity contribution in [1.82, 2.24) is 10.2 Å². The molecule has 19 heavy (non-hydrogen) atoms. The molecule has 0 spiro atoms. The number of carbonyl (C=O) groups excluding carboxylic acids is 1. The van der Waals surface area contributed by atoms with E-state index in [4.69, 9.17) is 9.84 Å². The summed E-state index contributed by atoms with van der Waals surface area (Å²) in [6, 6.07) is 0.123. The Morgan fingerprint density at radius 3 is 2.58 bits per heavy atom. The lowest BCUT2D eigenvalue weighted by molar-refractivity contribution is -0.138. The minimum absolute atomic E-state index is 0.123. The number of piperidine rings is 1. The molecule has 2 fully saturated rings. The van der Waals surface area contributed by atoms with Crippen LogP contribution in [0.1, 0.15) is 25.7 Å². The minimum Gasteiger partial charge on any atom is -0.481 e. The number of carbonyl (C=O) groups is 2. The number of carboxylic acid groups (broad SMARTS) is 1. The molecule has 0 saturated carbocycles. The summed E-state index contributed by atoms with van der Waals surface area (Å²) in [6.45, 7) is 3.49. The zero-order valence-electron chi connectivity index (χ0n) is 11.1. The van der Waals surface area contributed by atoms with Crippen LogP contribution in [0.3, 0.4) is 0 Å². The molecule has 0 radical (unpaired) electrons. The second-order valence-electron chi connectivity index (χ2n) is 5.35. The molecule has 2 N–H and O–H groups in total. The number of aliphatic carboxylic acids is 1. The standard InChI is InChI=1S/C13H22N2O4/c16-12(8-11-9-19-6-3-14-11)15-4-1-10(2-5-15)7-13(17)18/h10-11,14H,1-9H2,(H,17,18). The molecule has 108 valence electrons. The van der Waals surface area contributed by atoms with E-state index in [1.807, 2.05) is 4.90 Å². The van der Waals surface area contributed by atoms with Crippen molar-refractivity contribution in [2.24, 2.45) is 5.92 Å². The molecule has 1 amide bonds. The number of hydrogen-bond donors (Lipinski definition) is 2. The van der Waals surface area contributed by atoms with Gasteiger partial charge < -0.3 is 20.1 Å². The maximum Gasteiger partial charge on any atom is 0.303 e. The Kier molecular flexibility index (Phi) is 5.15. The highest BCUT2D eigenvalue weighted by Crippen LogP contribution is 2.21. The van der Waals surface area contributed by atoms with E-state index in [9.17, 15) is 9.59 Å². The van der Waals surface area contributed by atoms with Gasteiger partial charge in [0.1, 0.15) is 0 Å². The average molecular weight is 270 g/mol. The van der Waals surface area contributed by atoms with Crippen LogP contribution in [-0.4, -0.2) is 60.8 Å². The van der Waals surface area contributed by atoms with Gasteiger partial charge in [-0.15, -0.1) is 0 Å². The van der Waals surface area contributed by atoms with Gasteiger partial charge in [-0.1, -0.05) is 0 Å². The molecule has 0 aliphatic carbocycles. The van der Waals surface area contributed by atoms with E-state index < -0.39 is 5.97 Å². The third kappa shape index (κ3) is 4.47. The molecule has 1 unspecified atom stereocenters. The third-order valence-corrected chi connectivity index (χ3v) is 3.85. The molecule has 2 rings (SSSR count). The zero-order valence-corrected chi connectivity index (χ0v) is 11.1. The van der Waals surface area contributed by atoms with Crippen molar-refractivity contribution >= 4 is 11.9 Å². The summed E-state index contributed by atoms with van der Waals surface area (Å²) in [5.41, 5.74) is 0. The monoisotopic (exact) mass is 270 g/mol. The lowest BCUT2D eigenvalue weighted by Crippen LogP contribution is -2.46. The van der Waals surface area contributed by atoms with Gasteiger partial charge in [-0.3, -0.25) is 9.59 Å². The van der Waals surface area contributed by atoms with Crippen molar-refractivity contribution < 1.29 is 19.4 Å².